The van der Waals surface area contributed by atoms with Crippen molar-refractivity contribution in [1.82, 2.24) is 5.32 Å². The van der Waals surface area contributed by atoms with Crippen LogP contribution in [-0.4, -0.2) is 23.2 Å². The number of carbonyl (C=O) groups is 1. The second-order valence-electron chi connectivity index (χ2n) is 4.57. The Hall–Kier alpha value is -0.570. The summed E-state index contributed by atoms with van der Waals surface area (Å²) in [4.78, 5) is 11.8. The predicted molar refractivity (Wildman–Crippen MR) is 62.6 cm³/mol. The Kier molecular flexibility index (Phi) is 6.57. The van der Waals surface area contributed by atoms with Gasteiger partial charge in [0.25, 0.3) is 0 Å². The fourth-order valence-corrected chi connectivity index (χ4v) is 1.56. The fourth-order valence-electron chi connectivity index (χ4n) is 1.56. The second-order valence-corrected chi connectivity index (χ2v) is 4.57. The molecular weight excluding hydrogens is 190 g/mol. The summed E-state index contributed by atoms with van der Waals surface area (Å²) < 4.78 is 0. The number of carbonyl (C=O) groups excluding carboxylic acids is 1. The average molecular weight is 215 g/mol. The smallest absolute Gasteiger partial charge is 0.223 e. The van der Waals surface area contributed by atoms with Crippen LogP contribution in [0.5, 0.6) is 0 Å². The van der Waals surface area contributed by atoms with Gasteiger partial charge in [0, 0.05) is 18.1 Å². The molecule has 0 aliphatic heterocycles. The Balaban J connectivity index is 4.22. The van der Waals surface area contributed by atoms with Crippen LogP contribution in [0.4, 0.5) is 0 Å². The maximum Gasteiger partial charge on any atom is 0.223 e. The van der Waals surface area contributed by atoms with Crippen LogP contribution < -0.4 is 5.32 Å². The summed E-state index contributed by atoms with van der Waals surface area (Å²) >= 11 is 0. The van der Waals surface area contributed by atoms with Gasteiger partial charge < -0.3 is 10.4 Å². The fraction of sp³-hybridized carbons (Fsp3) is 0.917. The van der Waals surface area contributed by atoms with Crippen LogP contribution in [0.15, 0.2) is 0 Å². The monoisotopic (exact) mass is 215 g/mol. The highest BCUT2D eigenvalue weighted by Gasteiger charge is 2.25. The van der Waals surface area contributed by atoms with Crippen LogP contribution in [0.25, 0.3) is 0 Å². The molecule has 0 aromatic carbocycles. The van der Waals surface area contributed by atoms with Crippen molar-refractivity contribution in [3.05, 3.63) is 0 Å². The standard InChI is InChI=1S/C12H25NO2/c1-5-7-10(3)11(15)13-12(4,6-2)8-9-14/h10,14H,5-9H2,1-4H3,(H,13,15). The minimum absolute atomic E-state index is 0.0690. The average Bonchev–Trinajstić information content (AvgIpc) is 2.18. The van der Waals surface area contributed by atoms with Crippen LogP contribution in [0.3, 0.4) is 0 Å². The molecule has 15 heavy (non-hydrogen) atoms. The third-order valence-corrected chi connectivity index (χ3v) is 3.04. The molecule has 0 aromatic rings. The summed E-state index contributed by atoms with van der Waals surface area (Å²) in [6.45, 7) is 8.16. The van der Waals surface area contributed by atoms with Crippen molar-refractivity contribution in [3.63, 3.8) is 0 Å². The van der Waals surface area contributed by atoms with Crippen LogP contribution in [-0.2, 0) is 4.79 Å². The zero-order valence-electron chi connectivity index (χ0n) is 10.5. The lowest BCUT2D eigenvalue weighted by Crippen LogP contribution is -2.48. The van der Waals surface area contributed by atoms with E-state index in [1.54, 1.807) is 0 Å². The van der Waals surface area contributed by atoms with E-state index in [0.717, 1.165) is 19.3 Å². The van der Waals surface area contributed by atoms with Gasteiger partial charge in [-0.2, -0.15) is 0 Å². The lowest BCUT2D eigenvalue weighted by atomic mass is 9.93. The second kappa shape index (κ2) is 6.83. The molecule has 0 bridgehead atoms. The normalized spacial score (nSPS) is 16.9. The molecular formula is C12H25NO2. The van der Waals surface area contributed by atoms with Crippen molar-refractivity contribution in [2.45, 2.75) is 58.9 Å². The Morgan fingerprint density at radius 1 is 1.47 bits per heavy atom. The van der Waals surface area contributed by atoms with Crippen molar-refractivity contribution in [2.24, 2.45) is 5.92 Å². The molecule has 0 fully saturated rings. The minimum atomic E-state index is -0.256. The van der Waals surface area contributed by atoms with Crippen molar-refractivity contribution >= 4 is 5.91 Å². The van der Waals surface area contributed by atoms with Crippen molar-refractivity contribution in [1.29, 1.82) is 0 Å². The number of nitrogens with one attached hydrogen (secondary N) is 1. The summed E-state index contributed by atoms with van der Waals surface area (Å²) in [6.07, 6.45) is 3.41. The molecule has 3 nitrogen and oxygen atoms in total. The van der Waals surface area contributed by atoms with E-state index in [1.807, 2.05) is 20.8 Å². The van der Waals surface area contributed by atoms with E-state index in [4.69, 9.17) is 5.11 Å². The van der Waals surface area contributed by atoms with Crippen LogP contribution in [0.1, 0.15) is 53.4 Å². The van der Waals surface area contributed by atoms with E-state index in [1.165, 1.54) is 0 Å². The van der Waals surface area contributed by atoms with Gasteiger partial charge in [0.1, 0.15) is 0 Å². The van der Waals surface area contributed by atoms with Gasteiger partial charge in [0.15, 0.2) is 0 Å². The molecule has 0 saturated heterocycles. The first-order valence-corrected chi connectivity index (χ1v) is 5.92. The van der Waals surface area contributed by atoms with Gasteiger partial charge in [0.2, 0.25) is 5.91 Å². The molecule has 2 N–H and O–H groups in total. The van der Waals surface area contributed by atoms with Crippen LogP contribution >= 0.6 is 0 Å². The maximum absolute atomic E-state index is 11.8. The van der Waals surface area contributed by atoms with E-state index in [-0.39, 0.29) is 24.0 Å². The van der Waals surface area contributed by atoms with Crippen molar-refractivity contribution in [3.8, 4) is 0 Å². The summed E-state index contributed by atoms with van der Waals surface area (Å²) in [5.41, 5.74) is -0.256. The van der Waals surface area contributed by atoms with Gasteiger partial charge >= 0.3 is 0 Å². The topological polar surface area (TPSA) is 49.3 Å². The number of rotatable bonds is 7. The minimum Gasteiger partial charge on any atom is -0.396 e. The predicted octanol–water partition coefficient (Wildman–Crippen LogP) is 2.09. The highest BCUT2D eigenvalue weighted by molar-refractivity contribution is 5.79. The van der Waals surface area contributed by atoms with Crippen molar-refractivity contribution < 1.29 is 9.90 Å². The Morgan fingerprint density at radius 3 is 2.47 bits per heavy atom. The summed E-state index contributed by atoms with van der Waals surface area (Å²) in [6, 6.07) is 0. The largest absolute Gasteiger partial charge is 0.396 e. The zero-order chi connectivity index (χ0) is 11.9. The third kappa shape index (κ3) is 5.17. The lowest BCUT2D eigenvalue weighted by molar-refractivity contribution is -0.126. The van der Waals surface area contributed by atoms with E-state index >= 15 is 0 Å². The van der Waals surface area contributed by atoms with Gasteiger partial charge in [-0.25, -0.2) is 0 Å². The van der Waals surface area contributed by atoms with E-state index in [0.29, 0.717) is 6.42 Å². The molecule has 90 valence electrons. The molecule has 3 heteroatoms. The molecule has 0 aliphatic carbocycles. The van der Waals surface area contributed by atoms with E-state index in [9.17, 15) is 4.79 Å². The highest BCUT2D eigenvalue weighted by Crippen LogP contribution is 2.16. The molecule has 0 heterocycles. The van der Waals surface area contributed by atoms with Gasteiger partial charge in [-0.1, -0.05) is 27.2 Å². The Labute approximate surface area is 93.3 Å². The highest BCUT2D eigenvalue weighted by atomic mass is 16.3. The Morgan fingerprint density at radius 2 is 2.07 bits per heavy atom. The van der Waals surface area contributed by atoms with Crippen molar-refractivity contribution in [2.75, 3.05) is 6.61 Å². The number of hydrogen-bond donors (Lipinski definition) is 2. The number of amides is 1. The first-order chi connectivity index (χ1) is 6.99. The van der Waals surface area contributed by atoms with Crippen LogP contribution in [0, 0.1) is 5.92 Å². The summed E-state index contributed by atoms with van der Waals surface area (Å²) in [5.74, 6) is 0.175. The summed E-state index contributed by atoms with van der Waals surface area (Å²) in [7, 11) is 0. The number of aliphatic hydroxyl groups excluding tert-OH is 1. The van der Waals surface area contributed by atoms with Gasteiger partial charge in [-0.15, -0.1) is 0 Å². The van der Waals surface area contributed by atoms with Crippen LogP contribution in [0.2, 0.25) is 0 Å². The third-order valence-electron chi connectivity index (χ3n) is 3.04. The molecule has 0 rings (SSSR count). The van der Waals surface area contributed by atoms with E-state index < -0.39 is 0 Å². The molecule has 0 spiro atoms. The quantitative estimate of drug-likeness (QED) is 0.683. The molecule has 0 saturated carbocycles. The molecule has 0 aromatic heterocycles. The molecule has 2 unspecified atom stereocenters. The molecule has 0 radical (unpaired) electrons. The van der Waals surface area contributed by atoms with E-state index in [2.05, 4.69) is 12.2 Å². The maximum atomic E-state index is 11.8. The SMILES string of the molecule is CCCC(C)C(=O)NC(C)(CC)CCO. The van der Waals surface area contributed by atoms with Gasteiger partial charge in [-0.05, 0) is 26.2 Å². The first kappa shape index (κ1) is 14.4. The van der Waals surface area contributed by atoms with Gasteiger partial charge in [0.05, 0.1) is 0 Å². The zero-order valence-corrected chi connectivity index (χ0v) is 10.5. The van der Waals surface area contributed by atoms with Gasteiger partial charge in [-0.3, -0.25) is 4.79 Å². The lowest BCUT2D eigenvalue weighted by Gasteiger charge is -2.30. The molecule has 2 atom stereocenters. The molecule has 0 aliphatic rings. The number of aliphatic hydroxyl groups is 1. The molecule has 1 amide bonds. The summed E-state index contributed by atoms with van der Waals surface area (Å²) in [5, 5.41) is 12.0. The first-order valence-electron chi connectivity index (χ1n) is 5.92. The number of hydrogen-bond acceptors (Lipinski definition) is 2. The Bertz CT molecular complexity index is 194.